The van der Waals surface area contributed by atoms with Crippen LogP contribution in [0, 0.1) is 0 Å². The van der Waals surface area contributed by atoms with E-state index >= 15 is 4.39 Å². The lowest BCUT2D eigenvalue weighted by molar-refractivity contribution is -0.140. The highest BCUT2D eigenvalue weighted by Gasteiger charge is 2.41. The van der Waals surface area contributed by atoms with Gasteiger partial charge in [-0.05, 0) is 35.9 Å². The van der Waals surface area contributed by atoms with Crippen LogP contribution in [-0.2, 0) is 11.0 Å². The number of nitrogens with one attached hydrogen (secondary N) is 2. The third-order valence-corrected chi connectivity index (χ3v) is 6.36. The van der Waals surface area contributed by atoms with Crippen LogP contribution in [0.1, 0.15) is 33.0 Å². The van der Waals surface area contributed by atoms with Gasteiger partial charge in [0.05, 0.1) is 26.2 Å². The number of halogens is 13. The van der Waals surface area contributed by atoms with Crippen molar-refractivity contribution in [2.24, 2.45) is 0 Å². The molecule has 0 radical (unpaired) electrons. The van der Waals surface area contributed by atoms with E-state index in [-0.39, 0.29) is 22.2 Å². The average Bonchev–Trinajstić information content (AvgIpc) is 2.84. The van der Waals surface area contributed by atoms with Gasteiger partial charge in [-0.2, -0.15) is 39.5 Å². The Morgan fingerprint density at radius 3 is 1.98 bits per heavy atom. The molecule has 0 aliphatic carbocycles. The summed E-state index contributed by atoms with van der Waals surface area (Å²) in [4.78, 5) is 24.5. The second kappa shape index (κ2) is 13.0. The van der Waals surface area contributed by atoms with Crippen LogP contribution in [0.3, 0.4) is 0 Å². The molecule has 1 unspecified atom stereocenters. The molecule has 0 saturated carbocycles. The van der Waals surface area contributed by atoms with Gasteiger partial charge in [0.2, 0.25) is 5.91 Å². The van der Waals surface area contributed by atoms with Gasteiger partial charge in [-0.25, -0.2) is 9.82 Å². The number of carbonyl (C=O) groups is 2. The van der Waals surface area contributed by atoms with Crippen molar-refractivity contribution in [3.8, 4) is 0 Å². The van der Waals surface area contributed by atoms with Gasteiger partial charge < -0.3 is 5.32 Å². The van der Waals surface area contributed by atoms with E-state index < -0.39 is 87.5 Å². The standard InChI is InChI=1S/C23H16Cl3F10N3O2/c1-37-39(8-18(40)38-9-21(28,29)30)20(41)12-3-2-10(4-14(12)23(34,35)36)17(27)7-13(22(31,32)33)11-5-15(24)19(26)16(25)6-11/h2-7,13,37H,8-9H2,1H3,(H,38,40)/b17-7-. The predicted octanol–water partition coefficient (Wildman–Crippen LogP) is 7.58. The number of hydrazine groups is 1. The molecule has 0 spiro atoms. The van der Waals surface area contributed by atoms with E-state index in [1.165, 1.54) is 5.32 Å². The quantitative estimate of drug-likeness (QED) is 0.174. The summed E-state index contributed by atoms with van der Waals surface area (Å²) in [5.74, 6) is -7.45. The number of amides is 2. The Hall–Kier alpha value is -2.75. The van der Waals surface area contributed by atoms with Gasteiger partial charge in [-0.15, -0.1) is 0 Å². The molecule has 5 nitrogen and oxygen atoms in total. The average molecular weight is 663 g/mol. The number of alkyl halides is 9. The summed E-state index contributed by atoms with van der Waals surface area (Å²) >= 11 is 17.2. The lowest BCUT2D eigenvalue weighted by Gasteiger charge is -2.23. The predicted molar refractivity (Wildman–Crippen MR) is 130 cm³/mol. The summed E-state index contributed by atoms with van der Waals surface area (Å²) in [7, 11) is 0.978. The molecule has 0 aliphatic rings. The molecule has 1 atom stereocenters. The van der Waals surface area contributed by atoms with E-state index in [4.69, 9.17) is 34.8 Å². The van der Waals surface area contributed by atoms with Crippen molar-refractivity contribution in [3.63, 3.8) is 0 Å². The first-order chi connectivity index (χ1) is 18.7. The van der Waals surface area contributed by atoms with Crippen molar-refractivity contribution in [1.29, 1.82) is 0 Å². The van der Waals surface area contributed by atoms with Crippen molar-refractivity contribution in [2.45, 2.75) is 24.4 Å². The summed E-state index contributed by atoms with van der Waals surface area (Å²) in [5.41, 5.74) is -2.62. The number of benzene rings is 2. The summed E-state index contributed by atoms with van der Waals surface area (Å²) in [6.07, 6.45) is -15.4. The van der Waals surface area contributed by atoms with Gasteiger partial charge in [0.25, 0.3) is 5.91 Å². The maximum atomic E-state index is 15.0. The first-order valence-electron chi connectivity index (χ1n) is 10.8. The molecular formula is C23H16Cl3F10N3O2. The molecule has 2 rings (SSSR count). The fourth-order valence-electron chi connectivity index (χ4n) is 3.29. The zero-order chi connectivity index (χ0) is 31.5. The Morgan fingerprint density at radius 1 is 0.951 bits per heavy atom. The van der Waals surface area contributed by atoms with E-state index in [0.29, 0.717) is 12.1 Å². The fourth-order valence-corrected chi connectivity index (χ4v) is 3.90. The van der Waals surface area contributed by atoms with E-state index in [1.807, 2.05) is 0 Å². The van der Waals surface area contributed by atoms with Gasteiger partial charge in [0.15, 0.2) is 0 Å². The number of hydrogen-bond acceptors (Lipinski definition) is 3. The van der Waals surface area contributed by atoms with E-state index in [9.17, 15) is 49.1 Å². The fraction of sp³-hybridized carbons (Fsp3) is 0.304. The Balaban J connectivity index is 2.50. The van der Waals surface area contributed by atoms with Crippen LogP contribution in [-0.4, -0.2) is 49.3 Å². The largest absolute Gasteiger partial charge is 0.417 e. The monoisotopic (exact) mass is 661 g/mol. The van der Waals surface area contributed by atoms with Gasteiger partial charge in [0.1, 0.15) is 24.8 Å². The lowest BCUT2D eigenvalue weighted by Crippen LogP contribution is -2.48. The van der Waals surface area contributed by atoms with Gasteiger partial charge in [0, 0.05) is 12.6 Å². The van der Waals surface area contributed by atoms with Crippen LogP contribution >= 0.6 is 34.8 Å². The summed E-state index contributed by atoms with van der Waals surface area (Å²) in [6, 6.07) is 2.56. The number of nitrogens with zero attached hydrogens (tertiary/aromatic N) is 1. The van der Waals surface area contributed by atoms with Crippen LogP contribution in [0.5, 0.6) is 0 Å². The number of rotatable bonds is 8. The second-order valence-corrected chi connectivity index (χ2v) is 9.29. The smallest absolute Gasteiger partial charge is 0.345 e. The molecular weight excluding hydrogens is 647 g/mol. The van der Waals surface area contributed by atoms with Crippen LogP contribution in [0.15, 0.2) is 36.4 Å². The maximum Gasteiger partial charge on any atom is 0.417 e. The highest BCUT2D eigenvalue weighted by molar-refractivity contribution is 6.48. The Kier molecular flexibility index (Phi) is 11.0. The molecule has 18 heteroatoms. The van der Waals surface area contributed by atoms with Crippen molar-refractivity contribution >= 4 is 52.4 Å². The highest BCUT2D eigenvalue weighted by Crippen LogP contribution is 2.43. The van der Waals surface area contributed by atoms with E-state index in [1.54, 1.807) is 0 Å². The second-order valence-electron chi connectivity index (χ2n) is 8.10. The van der Waals surface area contributed by atoms with Crippen LogP contribution in [0.2, 0.25) is 15.1 Å². The highest BCUT2D eigenvalue weighted by atomic mass is 35.5. The van der Waals surface area contributed by atoms with Crippen molar-refractivity contribution in [3.05, 3.63) is 73.7 Å². The van der Waals surface area contributed by atoms with E-state index in [0.717, 1.165) is 19.2 Å². The maximum absolute atomic E-state index is 15.0. The Bertz CT molecular complexity index is 1300. The zero-order valence-electron chi connectivity index (χ0n) is 20.1. The molecule has 0 heterocycles. The minimum Gasteiger partial charge on any atom is -0.345 e. The Morgan fingerprint density at radius 2 is 1.51 bits per heavy atom. The molecule has 41 heavy (non-hydrogen) atoms. The van der Waals surface area contributed by atoms with Gasteiger partial charge in [-0.1, -0.05) is 40.9 Å². The molecule has 2 aromatic rings. The molecule has 2 amide bonds. The lowest BCUT2D eigenvalue weighted by atomic mass is 9.95. The summed E-state index contributed by atoms with van der Waals surface area (Å²) < 4.78 is 135. The minimum atomic E-state index is -5.36. The third kappa shape index (κ3) is 9.38. The SMILES string of the molecule is CNN(CC(=O)NCC(F)(F)F)C(=O)c1ccc(/C(F)=C/C(c2cc(Cl)c(Cl)c(Cl)c2)C(F)(F)F)cc1C(F)(F)F. The molecule has 2 aromatic carbocycles. The molecule has 0 saturated heterocycles. The van der Waals surface area contributed by atoms with Crippen molar-refractivity contribution in [1.82, 2.24) is 15.8 Å². The summed E-state index contributed by atoms with van der Waals surface area (Å²) in [6.45, 7) is -2.93. The Labute approximate surface area is 240 Å². The van der Waals surface area contributed by atoms with E-state index in [2.05, 4.69) is 5.43 Å². The number of hydrogen-bond donors (Lipinski definition) is 2. The van der Waals surface area contributed by atoms with Crippen LogP contribution < -0.4 is 10.7 Å². The van der Waals surface area contributed by atoms with Crippen molar-refractivity contribution in [2.75, 3.05) is 20.1 Å². The summed E-state index contributed by atoms with van der Waals surface area (Å²) in [5, 5.41) is 0.579. The molecule has 0 bridgehead atoms. The first kappa shape index (κ1) is 34.5. The zero-order valence-corrected chi connectivity index (χ0v) is 22.4. The number of allylic oxidation sites excluding steroid dienone is 1. The number of carbonyl (C=O) groups excluding carboxylic acids is 2. The van der Waals surface area contributed by atoms with Gasteiger partial charge in [-0.3, -0.25) is 14.6 Å². The van der Waals surface area contributed by atoms with Crippen molar-refractivity contribution < 1.29 is 53.5 Å². The minimum absolute atomic E-state index is 0.0300. The van der Waals surface area contributed by atoms with Crippen LogP contribution in [0.25, 0.3) is 5.83 Å². The molecule has 0 aromatic heterocycles. The first-order valence-corrected chi connectivity index (χ1v) is 11.9. The molecule has 2 N–H and O–H groups in total. The molecule has 0 aliphatic heterocycles. The molecule has 226 valence electrons. The van der Waals surface area contributed by atoms with Crippen LogP contribution in [0.4, 0.5) is 43.9 Å². The topological polar surface area (TPSA) is 61.4 Å². The normalized spacial score (nSPS) is 13.7. The molecule has 0 fully saturated rings. The third-order valence-electron chi connectivity index (χ3n) is 5.16. The van der Waals surface area contributed by atoms with Gasteiger partial charge >= 0.3 is 18.5 Å².